The second kappa shape index (κ2) is 12.9. The average molecular weight is 624 g/mol. The van der Waals surface area contributed by atoms with Crippen LogP contribution >= 0.6 is 11.3 Å². The van der Waals surface area contributed by atoms with Crippen molar-refractivity contribution in [3.63, 3.8) is 0 Å². The Morgan fingerprint density at radius 2 is 1.80 bits per heavy atom. The second-order valence-electron chi connectivity index (χ2n) is 11.8. The van der Waals surface area contributed by atoms with Crippen LogP contribution in [0.3, 0.4) is 0 Å². The predicted molar refractivity (Wildman–Crippen MR) is 177 cm³/mol. The number of likely N-dealkylation sites (N-methyl/N-ethyl adjacent to an activating group) is 1. The number of hydrogen-bond acceptors (Lipinski definition) is 9. The minimum absolute atomic E-state index is 0.189. The Morgan fingerprint density at radius 1 is 1.02 bits per heavy atom. The summed E-state index contributed by atoms with van der Waals surface area (Å²) < 4.78 is 13.7. The Bertz CT molecular complexity index is 1790. The van der Waals surface area contributed by atoms with Gasteiger partial charge in [0.25, 0.3) is 5.91 Å². The molecular weight excluding hydrogens is 586 g/mol. The molecule has 2 aliphatic rings. The predicted octanol–water partition coefficient (Wildman–Crippen LogP) is 6.72. The zero-order valence-corrected chi connectivity index (χ0v) is 26.4. The molecule has 1 fully saturated rings. The van der Waals surface area contributed by atoms with E-state index in [1.165, 1.54) is 24.1 Å². The smallest absolute Gasteiger partial charge is 0.257 e. The van der Waals surface area contributed by atoms with Crippen molar-refractivity contribution in [1.82, 2.24) is 24.6 Å². The molecule has 0 saturated heterocycles. The number of benzene rings is 2. The summed E-state index contributed by atoms with van der Waals surface area (Å²) in [6.45, 7) is 2.38. The fourth-order valence-corrected chi connectivity index (χ4v) is 7.02. The number of pyridine rings is 1. The lowest BCUT2D eigenvalue weighted by Crippen LogP contribution is -2.25. The van der Waals surface area contributed by atoms with Gasteiger partial charge in [0.1, 0.15) is 22.6 Å². The molecule has 1 amide bonds. The van der Waals surface area contributed by atoms with Crippen LogP contribution in [0.25, 0.3) is 11.0 Å². The zero-order chi connectivity index (χ0) is 30.8. The van der Waals surface area contributed by atoms with Gasteiger partial charge in [-0.15, -0.1) is 11.3 Å². The fourth-order valence-electron chi connectivity index (χ4n) is 6.06. The van der Waals surface area contributed by atoms with Crippen LogP contribution in [-0.2, 0) is 19.5 Å². The van der Waals surface area contributed by atoms with E-state index < -0.39 is 0 Å². The number of carbonyl (C=O) groups is 1. The summed E-state index contributed by atoms with van der Waals surface area (Å²) >= 11 is 1.56. The Balaban J connectivity index is 1.12. The van der Waals surface area contributed by atoms with Crippen molar-refractivity contribution in [2.45, 2.75) is 57.7 Å². The second-order valence-corrected chi connectivity index (χ2v) is 12.9. The molecule has 0 atom stereocenters. The summed E-state index contributed by atoms with van der Waals surface area (Å²) in [5, 5.41) is 13.2. The number of hydrogen-bond donors (Lipinski definition) is 2. The van der Waals surface area contributed by atoms with Crippen LogP contribution in [-0.4, -0.2) is 57.3 Å². The van der Waals surface area contributed by atoms with Crippen LogP contribution in [0.5, 0.6) is 17.2 Å². The molecule has 1 saturated carbocycles. The zero-order valence-electron chi connectivity index (χ0n) is 25.6. The largest absolute Gasteiger partial charge is 0.497 e. The van der Waals surface area contributed by atoms with Crippen LogP contribution in [0.4, 0.5) is 10.9 Å². The van der Waals surface area contributed by atoms with Gasteiger partial charge in [0.05, 0.1) is 19.3 Å². The number of nitrogens with zero attached hydrogens (tertiary/aromatic N) is 5. The quantitative estimate of drug-likeness (QED) is 0.186. The first-order valence-electron chi connectivity index (χ1n) is 15.5. The van der Waals surface area contributed by atoms with Gasteiger partial charge in [0.2, 0.25) is 0 Å². The molecule has 0 radical (unpaired) electrons. The van der Waals surface area contributed by atoms with E-state index in [0.717, 1.165) is 66.2 Å². The van der Waals surface area contributed by atoms with Crippen LogP contribution in [0, 0.1) is 0 Å². The fraction of sp³-hybridized carbons (Fsp3) is 0.353. The molecule has 0 bridgehead atoms. The molecule has 1 aliphatic heterocycles. The van der Waals surface area contributed by atoms with E-state index in [0.29, 0.717) is 34.8 Å². The number of thiazole rings is 1. The van der Waals surface area contributed by atoms with Gasteiger partial charge >= 0.3 is 0 Å². The van der Waals surface area contributed by atoms with Gasteiger partial charge in [-0.05, 0) is 68.3 Å². The van der Waals surface area contributed by atoms with E-state index in [2.05, 4.69) is 27.6 Å². The third kappa shape index (κ3) is 6.50. The van der Waals surface area contributed by atoms with E-state index in [4.69, 9.17) is 19.6 Å². The van der Waals surface area contributed by atoms with Crippen molar-refractivity contribution in [3.05, 3.63) is 82.5 Å². The highest BCUT2D eigenvalue weighted by Gasteiger charge is 2.22. The van der Waals surface area contributed by atoms with Gasteiger partial charge < -0.3 is 19.7 Å². The summed E-state index contributed by atoms with van der Waals surface area (Å²) in [6.07, 6.45) is 8.66. The average Bonchev–Trinajstić information content (AvgIpc) is 3.62. The van der Waals surface area contributed by atoms with Crippen LogP contribution in [0.1, 0.15) is 58.6 Å². The maximum absolute atomic E-state index is 13.0. The van der Waals surface area contributed by atoms with E-state index >= 15 is 0 Å². The number of anilines is 2. The van der Waals surface area contributed by atoms with E-state index in [1.807, 2.05) is 47.1 Å². The van der Waals surface area contributed by atoms with Gasteiger partial charge in [0, 0.05) is 41.8 Å². The third-order valence-electron chi connectivity index (χ3n) is 8.52. The lowest BCUT2D eigenvalue weighted by Gasteiger charge is -2.22. The highest BCUT2D eigenvalue weighted by Crippen LogP contribution is 2.36. The lowest BCUT2D eigenvalue weighted by atomic mass is 9.95. The molecule has 232 valence electrons. The first kappa shape index (κ1) is 29.2. The monoisotopic (exact) mass is 623 g/mol. The topological polar surface area (TPSA) is 106 Å². The van der Waals surface area contributed by atoms with Gasteiger partial charge in [-0.1, -0.05) is 31.4 Å². The maximum atomic E-state index is 13.0. The Hall–Kier alpha value is -4.48. The SMILES string of the molecule is COc1ccc(Cn2nc(NC3CCCCC3)c3c(Oc4ccc(C(=O)Nc5nc6c(s5)CCN(C)C6)cc4)ccnc32)cc1. The summed E-state index contributed by atoms with van der Waals surface area (Å²) in [4.78, 5) is 25.9. The summed E-state index contributed by atoms with van der Waals surface area (Å²) in [5.41, 5.74) is 3.44. The minimum Gasteiger partial charge on any atom is -0.497 e. The van der Waals surface area contributed by atoms with E-state index in [1.54, 1.807) is 36.8 Å². The van der Waals surface area contributed by atoms with Crippen LogP contribution < -0.4 is 20.1 Å². The molecule has 45 heavy (non-hydrogen) atoms. The summed E-state index contributed by atoms with van der Waals surface area (Å²) in [6, 6.07) is 17.4. The maximum Gasteiger partial charge on any atom is 0.257 e. The highest BCUT2D eigenvalue weighted by molar-refractivity contribution is 7.15. The Labute approximate surface area is 266 Å². The van der Waals surface area contributed by atoms with Gasteiger partial charge in [-0.2, -0.15) is 5.10 Å². The molecule has 3 aromatic heterocycles. The van der Waals surface area contributed by atoms with Crippen molar-refractivity contribution >= 4 is 39.2 Å². The van der Waals surface area contributed by atoms with E-state index in [-0.39, 0.29) is 5.91 Å². The Kier molecular flexibility index (Phi) is 8.36. The number of aromatic nitrogens is 4. The molecule has 0 spiro atoms. The summed E-state index contributed by atoms with van der Waals surface area (Å²) in [7, 11) is 3.75. The van der Waals surface area contributed by atoms with Crippen LogP contribution in [0.15, 0.2) is 60.8 Å². The molecule has 4 heterocycles. The number of ether oxygens (including phenoxy) is 2. The first-order valence-corrected chi connectivity index (χ1v) is 16.4. The molecule has 5 aromatic rings. The molecule has 2 aromatic carbocycles. The van der Waals surface area contributed by atoms with Crippen molar-refractivity contribution < 1.29 is 14.3 Å². The molecular formula is C34H37N7O3S. The van der Waals surface area contributed by atoms with Crippen molar-refractivity contribution in [2.24, 2.45) is 0 Å². The number of carbonyl (C=O) groups excluding carboxylic acids is 1. The van der Waals surface area contributed by atoms with Crippen molar-refractivity contribution in [3.8, 4) is 17.2 Å². The molecule has 10 nitrogen and oxygen atoms in total. The van der Waals surface area contributed by atoms with Gasteiger partial charge in [-0.3, -0.25) is 10.1 Å². The van der Waals surface area contributed by atoms with Crippen molar-refractivity contribution in [1.29, 1.82) is 0 Å². The van der Waals surface area contributed by atoms with Gasteiger partial charge in [0.15, 0.2) is 16.6 Å². The first-order chi connectivity index (χ1) is 22.0. The molecule has 11 heteroatoms. The number of rotatable bonds is 9. The minimum atomic E-state index is -0.189. The van der Waals surface area contributed by atoms with Gasteiger partial charge in [-0.25, -0.2) is 14.6 Å². The molecule has 2 N–H and O–H groups in total. The number of nitrogens with one attached hydrogen (secondary N) is 2. The molecule has 7 rings (SSSR count). The third-order valence-corrected chi connectivity index (χ3v) is 9.59. The highest BCUT2D eigenvalue weighted by atomic mass is 32.1. The molecule has 1 aliphatic carbocycles. The van der Waals surface area contributed by atoms with Crippen LogP contribution in [0.2, 0.25) is 0 Å². The molecule has 0 unspecified atom stereocenters. The number of fused-ring (bicyclic) bond motifs is 2. The lowest BCUT2D eigenvalue weighted by molar-refractivity contribution is 0.102. The number of methoxy groups -OCH3 is 1. The van der Waals surface area contributed by atoms with E-state index in [9.17, 15) is 4.79 Å². The van der Waals surface area contributed by atoms with Crippen molar-refractivity contribution in [2.75, 3.05) is 31.3 Å². The normalized spacial score (nSPS) is 15.5. The Morgan fingerprint density at radius 3 is 2.58 bits per heavy atom. The standard InChI is InChI=1S/C34H37N7O3S/c1-40-19-17-29-27(21-40)37-34(45-29)38-33(42)23-10-14-26(15-11-23)44-28-16-18-35-32-30(28)31(36-24-6-4-3-5-7-24)39-41(32)20-22-8-12-25(43-2)13-9-22/h8-16,18,24H,3-7,17,19-21H2,1-2H3,(H,36,39)(H,37,38,42). The summed E-state index contributed by atoms with van der Waals surface area (Å²) in [5.74, 6) is 2.69. The number of amides is 1.